The zero-order valence-electron chi connectivity index (χ0n) is 21.4. The number of halogens is 1. The van der Waals surface area contributed by atoms with E-state index in [1.54, 1.807) is 23.6 Å². The lowest BCUT2D eigenvalue weighted by Crippen LogP contribution is -2.50. The number of aliphatic hydroxyl groups is 1. The van der Waals surface area contributed by atoms with Crippen LogP contribution in [-0.2, 0) is 4.74 Å². The lowest BCUT2D eigenvalue weighted by molar-refractivity contribution is -0.00177. The first-order valence-corrected chi connectivity index (χ1v) is 12.3. The van der Waals surface area contributed by atoms with Crippen molar-refractivity contribution in [3.63, 3.8) is 0 Å². The molecule has 0 radical (unpaired) electrons. The van der Waals surface area contributed by atoms with Crippen LogP contribution in [0, 0.1) is 11.3 Å². The van der Waals surface area contributed by atoms with Crippen LogP contribution >= 0.6 is 0 Å². The van der Waals surface area contributed by atoms with E-state index in [4.69, 9.17) is 10.00 Å². The fourth-order valence-electron chi connectivity index (χ4n) is 4.09. The molecule has 2 amide bonds. The quantitative estimate of drug-likeness (QED) is 0.334. The summed E-state index contributed by atoms with van der Waals surface area (Å²) >= 11 is 0. The molecule has 0 aliphatic heterocycles. The van der Waals surface area contributed by atoms with Crippen LogP contribution in [0.4, 0.5) is 14.9 Å². The van der Waals surface area contributed by atoms with Crippen molar-refractivity contribution in [3.8, 4) is 17.5 Å². The lowest BCUT2D eigenvalue weighted by Gasteiger charge is -2.37. The lowest BCUT2D eigenvalue weighted by atomic mass is 9.86. The van der Waals surface area contributed by atoms with Gasteiger partial charge in [0.1, 0.15) is 12.2 Å². The average Bonchev–Trinajstić information content (AvgIpc) is 3.28. The van der Waals surface area contributed by atoms with Crippen LogP contribution in [0.1, 0.15) is 49.5 Å². The smallest absolute Gasteiger partial charge is 0.407 e. The number of rotatable bonds is 9. The highest BCUT2D eigenvalue weighted by Gasteiger charge is 2.32. The van der Waals surface area contributed by atoms with E-state index < -0.39 is 23.8 Å². The number of anilines is 1. The van der Waals surface area contributed by atoms with Gasteiger partial charge in [-0.15, -0.1) is 0 Å². The van der Waals surface area contributed by atoms with Gasteiger partial charge < -0.3 is 25.8 Å². The minimum atomic E-state index is -1.66. The van der Waals surface area contributed by atoms with E-state index in [0.29, 0.717) is 41.0 Å². The highest BCUT2D eigenvalue weighted by Crippen LogP contribution is 2.30. The molecule has 1 aliphatic carbocycles. The number of nitrogens with zero attached hydrogens (tertiary/aromatic N) is 4. The Labute approximate surface area is 219 Å². The van der Waals surface area contributed by atoms with Gasteiger partial charge in [-0.1, -0.05) is 0 Å². The van der Waals surface area contributed by atoms with Crippen molar-refractivity contribution in [2.75, 3.05) is 18.5 Å². The Morgan fingerprint density at radius 1 is 1.29 bits per heavy atom. The number of nitrogens with one attached hydrogen (secondary N) is 3. The maximum atomic E-state index is 14.2. The van der Waals surface area contributed by atoms with E-state index >= 15 is 0 Å². The maximum absolute atomic E-state index is 14.2. The van der Waals surface area contributed by atoms with E-state index in [1.807, 2.05) is 12.1 Å². The van der Waals surface area contributed by atoms with E-state index in [0.717, 1.165) is 0 Å². The van der Waals surface area contributed by atoms with Crippen LogP contribution in [0.25, 0.3) is 16.9 Å². The molecule has 0 bridgehead atoms. The molecular weight excluding hydrogens is 493 g/mol. The molecule has 1 atom stereocenters. The Morgan fingerprint density at radius 3 is 2.74 bits per heavy atom. The second-order valence-corrected chi connectivity index (χ2v) is 9.73. The van der Waals surface area contributed by atoms with Gasteiger partial charge in [0, 0.05) is 18.3 Å². The molecule has 0 spiro atoms. The number of alkyl halides is 1. The van der Waals surface area contributed by atoms with Gasteiger partial charge in [0.2, 0.25) is 0 Å². The molecule has 0 unspecified atom stereocenters. The van der Waals surface area contributed by atoms with Gasteiger partial charge in [0.05, 0.1) is 58.7 Å². The Balaban J connectivity index is 1.57. The van der Waals surface area contributed by atoms with Crippen molar-refractivity contribution in [1.82, 2.24) is 25.2 Å². The normalized spacial score (nSPS) is 17.7. The van der Waals surface area contributed by atoms with Crippen LogP contribution in [0.3, 0.4) is 0 Å². The number of pyridine rings is 1. The third-order valence-corrected chi connectivity index (χ3v) is 6.34. The predicted molar refractivity (Wildman–Crippen MR) is 137 cm³/mol. The SMILES string of the molecule is CCOC(=O)NC1CC(Nc2cc(-c3ccc4cc(C#N)cnn34)ncc2C(=O)NC[C@@H](F)C(C)(C)O)C1. The second-order valence-electron chi connectivity index (χ2n) is 9.73. The van der Waals surface area contributed by atoms with Crippen molar-refractivity contribution in [2.24, 2.45) is 0 Å². The van der Waals surface area contributed by atoms with E-state index in [-0.39, 0.29) is 30.8 Å². The molecule has 4 N–H and O–H groups in total. The molecule has 3 aromatic heterocycles. The molecule has 200 valence electrons. The summed E-state index contributed by atoms with van der Waals surface area (Å²) < 4.78 is 20.8. The highest BCUT2D eigenvalue weighted by molar-refractivity contribution is 6.00. The van der Waals surface area contributed by atoms with Crippen LogP contribution in [-0.4, -0.2) is 68.7 Å². The zero-order valence-corrected chi connectivity index (χ0v) is 21.4. The molecule has 1 saturated carbocycles. The number of hydrogen-bond donors (Lipinski definition) is 4. The van der Waals surface area contributed by atoms with E-state index in [2.05, 4.69) is 32.1 Å². The fourth-order valence-corrected chi connectivity index (χ4v) is 4.09. The monoisotopic (exact) mass is 523 g/mol. The van der Waals surface area contributed by atoms with Gasteiger partial charge in [-0.05, 0) is 57.9 Å². The third kappa shape index (κ3) is 6.00. The molecular formula is C26H30FN7O4. The topological polar surface area (TPSA) is 154 Å². The number of nitriles is 1. The number of carbonyl (C=O) groups excluding carboxylic acids is 2. The summed E-state index contributed by atoms with van der Waals surface area (Å²) in [6.07, 6.45) is 1.97. The maximum Gasteiger partial charge on any atom is 0.407 e. The van der Waals surface area contributed by atoms with Gasteiger partial charge in [0.15, 0.2) is 0 Å². The number of amides is 2. The predicted octanol–water partition coefficient (Wildman–Crippen LogP) is 2.80. The third-order valence-electron chi connectivity index (χ3n) is 6.34. The van der Waals surface area contributed by atoms with Crippen LogP contribution in [0.15, 0.2) is 36.7 Å². The summed E-state index contributed by atoms with van der Waals surface area (Å²) in [7, 11) is 0. The zero-order chi connectivity index (χ0) is 27.4. The number of ether oxygens (including phenoxy) is 1. The van der Waals surface area contributed by atoms with Gasteiger partial charge in [-0.25, -0.2) is 13.7 Å². The molecule has 11 nitrogen and oxygen atoms in total. The second kappa shape index (κ2) is 11.0. The fraction of sp³-hybridized carbons (Fsp3) is 0.423. The Kier molecular flexibility index (Phi) is 7.78. The summed E-state index contributed by atoms with van der Waals surface area (Å²) in [5.41, 5.74) is 1.41. The first-order chi connectivity index (χ1) is 18.1. The largest absolute Gasteiger partial charge is 0.450 e. The first kappa shape index (κ1) is 26.8. The summed E-state index contributed by atoms with van der Waals surface area (Å²) in [4.78, 5) is 29.1. The molecule has 3 aromatic rings. The Hall–Kier alpha value is -4.24. The number of fused-ring (bicyclic) bond motifs is 1. The highest BCUT2D eigenvalue weighted by atomic mass is 19.1. The Morgan fingerprint density at radius 2 is 2.05 bits per heavy atom. The first-order valence-electron chi connectivity index (χ1n) is 12.3. The summed E-state index contributed by atoms with van der Waals surface area (Å²) in [5, 5.41) is 32.0. The van der Waals surface area contributed by atoms with Gasteiger partial charge in [0.25, 0.3) is 5.91 Å². The number of carbonyl (C=O) groups is 2. The van der Waals surface area contributed by atoms with Gasteiger partial charge in [-0.3, -0.25) is 9.78 Å². The summed E-state index contributed by atoms with van der Waals surface area (Å²) in [6, 6.07) is 9.02. The molecule has 0 aromatic carbocycles. The standard InChI is InChI=1S/C26H30FN7O4/c1-4-38-25(36)33-17-8-16(9-17)32-20-10-21(22-6-5-18-7-15(11-28)12-31-34(18)22)29-13-19(20)24(35)30-14-23(27)26(2,3)37/h5-7,10,12-13,16-17,23,37H,4,8-9,14H2,1-3H3,(H,29,32)(H,30,35)(H,33,36)/t16?,17?,23-/m1/s1. The van der Waals surface area contributed by atoms with E-state index in [9.17, 15) is 19.1 Å². The van der Waals surface area contributed by atoms with Crippen LogP contribution < -0.4 is 16.0 Å². The Bertz CT molecular complexity index is 1370. The molecule has 38 heavy (non-hydrogen) atoms. The molecule has 3 heterocycles. The molecule has 12 heteroatoms. The minimum absolute atomic E-state index is 0.0330. The van der Waals surface area contributed by atoms with Gasteiger partial charge >= 0.3 is 6.09 Å². The summed E-state index contributed by atoms with van der Waals surface area (Å²) in [6.45, 7) is 4.32. The van der Waals surface area contributed by atoms with Crippen LogP contribution in [0.2, 0.25) is 0 Å². The number of alkyl carbamates (subject to hydrolysis) is 1. The summed E-state index contributed by atoms with van der Waals surface area (Å²) in [5.74, 6) is -0.546. The molecule has 4 rings (SSSR count). The van der Waals surface area contributed by atoms with Crippen molar-refractivity contribution < 1.29 is 23.8 Å². The van der Waals surface area contributed by atoms with Crippen molar-refractivity contribution >= 4 is 23.2 Å². The van der Waals surface area contributed by atoms with Crippen molar-refractivity contribution in [3.05, 3.63) is 47.8 Å². The molecule has 0 saturated heterocycles. The van der Waals surface area contributed by atoms with Crippen LogP contribution in [0.5, 0.6) is 0 Å². The van der Waals surface area contributed by atoms with Gasteiger partial charge in [-0.2, -0.15) is 10.4 Å². The average molecular weight is 524 g/mol. The van der Waals surface area contributed by atoms with E-state index in [1.165, 1.54) is 26.2 Å². The molecule has 1 aliphatic rings. The number of hydrogen-bond acceptors (Lipinski definition) is 8. The number of aromatic nitrogens is 3. The van der Waals surface area contributed by atoms with Crippen molar-refractivity contribution in [2.45, 2.75) is 57.5 Å². The van der Waals surface area contributed by atoms with Crippen molar-refractivity contribution in [1.29, 1.82) is 5.26 Å². The minimum Gasteiger partial charge on any atom is -0.450 e. The molecule has 1 fully saturated rings.